The van der Waals surface area contributed by atoms with Crippen molar-refractivity contribution in [2.45, 2.75) is 26.3 Å². The molecule has 17 heavy (non-hydrogen) atoms. The van der Waals surface area contributed by atoms with E-state index in [9.17, 15) is 4.79 Å². The number of ether oxygens (including phenoxy) is 1. The fourth-order valence-corrected chi connectivity index (χ4v) is 1.17. The molecule has 6 nitrogen and oxygen atoms in total. The van der Waals surface area contributed by atoms with Crippen LogP contribution in [0.15, 0.2) is 12.4 Å². The second-order valence-corrected chi connectivity index (χ2v) is 4.07. The lowest BCUT2D eigenvalue weighted by molar-refractivity contribution is -0.142. The predicted octanol–water partition coefficient (Wildman–Crippen LogP) is 1.17. The number of aromatic nitrogens is 2. The summed E-state index contributed by atoms with van der Waals surface area (Å²) in [6.07, 6.45) is 1.36. The number of likely N-dealkylation sites (N-methyl/N-ethyl adjacent to an activating group) is 1. The third kappa shape index (κ3) is 2.83. The molecular weight excluding hydrogens is 222 g/mol. The summed E-state index contributed by atoms with van der Waals surface area (Å²) >= 11 is 0. The minimum absolute atomic E-state index is 0.436. The van der Waals surface area contributed by atoms with E-state index in [2.05, 4.69) is 9.97 Å². The van der Waals surface area contributed by atoms with Crippen LogP contribution in [-0.4, -0.2) is 40.2 Å². The maximum absolute atomic E-state index is 11.1. The van der Waals surface area contributed by atoms with Gasteiger partial charge in [-0.25, -0.2) is 14.8 Å². The van der Waals surface area contributed by atoms with Gasteiger partial charge in [-0.1, -0.05) is 0 Å². The van der Waals surface area contributed by atoms with Crippen molar-refractivity contribution in [1.29, 1.82) is 0 Å². The van der Waals surface area contributed by atoms with E-state index in [-0.39, 0.29) is 0 Å². The number of hydrogen-bond acceptors (Lipinski definition) is 5. The number of hydrogen-bond donors (Lipinski definition) is 1. The van der Waals surface area contributed by atoms with Gasteiger partial charge in [0.05, 0.1) is 6.61 Å². The Balaban J connectivity index is 2.99. The first-order chi connectivity index (χ1) is 7.89. The summed E-state index contributed by atoms with van der Waals surface area (Å²) in [5.74, 6) is 0.0259. The highest BCUT2D eigenvalue weighted by Crippen LogP contribution is 2.22. The molecule has 1 aromatic rings. The van der Waals surface area contributed by atoms with Gasteiger partial charge in [-0.3, -0.25) is 0 Å². The van der Waals surface area contributed by atoms with E-state index in [0.717, 1.165) is 0 Å². The highest BCUT2D eigenvalue weighted by molar-refractivity contribution is 5.81. The molecule has 0 unspecified atom stereocenters. The van der Waals surface area contributed by atoms with Crippen LogP contribution in [0.2, 0.25) is 0 Å². The summed E-state index contributed by atoms with van der Waals surface area (Å²) in [7, 11) is 1.67. The molecule has 94 valence electrons. The van der Waals surface area contributed by atoms with Gasteiger partial charge in [-0.05, 0) is 20.8 Å². The number of carboxylic acids is 1. The second kappa shape index (κ2) is 4.99. The fraction of sp³-hybridized carbons (Fsp3) is 0.545. The van der Waals surface area contributed by atoms with Gasteiger partial charge in [-0.15, -0.1) is 0 Å². The quantitative estimate of drug-likeness (QED) is 0.831. The van der Waals surface area contributed by atoms with Crippen LogP contribution in [0.5, 0.6) is 5.88 Å². The van der Waals surface area contributed by atoms with E-state index in [4.69, 9.17) is 9.84 Å². The van der Waals surface area contributed by atoms with Crippen LogP contribution in [0.1, 0.15) is 20.8 Å². The fourth-order valence-electron chi connectivity index (χ4n) is 1.17. The molecule has 0 atom stereocenters. The Morgan fingerprint density at radius 3 is 2.71 bits per heavy atom. The number of nitrogens with zero attached hydrogens (tertiary/aromatic N) is 3. The topological polar surface area (TPSA) is 75.5 Å². The number of carboxylic acid groups (broad SMARTS) is 1. The first-order valence-electron chi connectivity index (χ1n) is 5.31. The highest BCUT2D eigenvalue weighted by Gasteiger charge is 2.33. The van der Waals surface area contributed by atoms with Crippen molar-refractivity contribution in [3.05, 3.63) is 12.4 Å². The standard InChI is InChI=1S/C11H17N3O3/c1-5-17-9-6-8(12-7-13-9)14(4)11(2,3)10(15)16/h6-7H,5H2,1-4H3,(H,15,16). The van der Waals surface area contributed by atoms with E-state index in [1.165, 1.54) is 6.33 Å². The molecule has 0 radical (unpaired) electrons. The minimum Gasteiger partial charge on any atom is -0.480 e. The zero-order valence-corrected chi connectivity index (χ0v) is 10.5. The molecule has 0 spiro atoms. The lowest BCUT2D eigenvalue weighted by Gasteiger charge is -2.32. The van der Waals surface area contributed by atoms with Crippen LogP contribution in [0.3, 0.4) is 0 Å². The van der Waals surface area contributed by atoms with Gasteiger partial charge >= 0.3 is 5.97 Å². The number of anilines is 1. The molecule has 0 aliphatic heterocycles. The van der Waals surface area contributed by atoms with Gasteiger partial charge in [0.2, 0.25) is 5.88 Å². The summed E-state index contributed by atoms with van der Waals surface area (Å²) in [4.78, 5) is 20.7. The van der Waals surface area contributed by atoms with Crippen LogP contribution < -0.4 is 9.64 Å². The lowest BCUT2D eigenvalue weighted by atomic mass is 10.0. The van der Waals surface area contributed by atoms with Crippen LogP contribution in [0, 0.1) is 0 Å². The van der Waals surface area contributed by atoms with E-state index < -0.39 is 11.5 Å². The average Bonchev–Trinajstić information content (AvgIpc) is 2.28. The molecule has 0 saturated carbocycles. The van der Waals surface area contributed by atoms with Gasteiger partial charge in [0, 0.05) is 13.1 Å². The molecule has 1 aromatic heterocycles. The Bertz CT molecular complexity index is 407. The zero-order valence-electron chi connectivity index (χ0n) is 10.5. The third-order valence-electron chi connectivity index (χ3n) is 2.63. The van der Waals surface area contributed by atoms with E-state index in [0.29, 0.717) is 18.3 Å². The summed E-state index contributed by atoms with van der Waals surface area (Å²) in [6, 6.07) is 1.62. The van der Waals surface area contributed by atoms with Crippen molar-refractivity contribution < 1.29 is 14.6 Å². The summed E-state index contributed by atoms with van der Waals surface area (Å²) in [5.41, 5.74) is -1.04. The predicted molar refractivity (Wildman–Crippen MR) is 63.3 cm³/mol. The summed E-state index contributed by atoms with van der Waals surface area (Å²) in [6.45, 7) is 5.57. The normalized spacial score (nSPS) is 11.1. The molecule has 0 fully saturated rings. The molecule has 0 saturated heterocycles. The Kier molecular flexibility index (Phi) is 3.88. The third-order valence-corrected chi connectivity index (χ3v) is 2.63. The van der Waals surface area contributed by atoms with Crippen molar-refractivity contribution in [2.75, 3.05) is 18.6 Å². The SMILES string of the molecule is CCOc1cc(N(C)C(C)(C)C(=O)O)ncn1. The van der Waals surface area contributed by atoms with Crippen LogP contribution in [0.25, 0.3) is 0 Å². The molecule has 0 aliphatic rings. The molecular formula is C11H17N3O3. The highest BCUT2D eigenvalue weighted by atomic mass is 16.5. The minimum atomic E-state index is -1.04. The van der Waals surface area contributed by atoms with Crippen molar-refractivity contribution in [2.24, 2.45) is 0 Å². The van der Waals surface area contributed by atoms with Crippen LogP contribution in [0.4, 0.5) is 5.82 Å². The smallest absolute Gasteiger partial charge is 0.328 e. The Morgan fingerprint density at radius 2 is 2.18 bits per heavy atom. The molecule has 0 amide bonds. The Morgan fingerprint density at radius 1 is 1.53 bits per heavy atom. The molecule has 1 heterocycles. The van der Waals surface area contributed by atoms with Crippen molar-refractivity contribution in [3.8, 4) is 5.88 Å². The largest absolute Gasteiger partial charge is 0.480 e. The Labute approximate surface area is 100 Å². The molecule has 1 rings (SSSR count). The van der Waals surface area contributed by atoms with E-state index >= 15 is 0 Å². The number of carbonyl (C=O) groups is 1. The summed E-state index contributed by atoms with van der Waals surface area (Å²) < 4.78 is 5.24. The van der Waals surface area contributed by atoms with Crippen molar-refractivity contribution >= 4 is 11.8 Å². The van der Waals surface area contributed by atoms with Crippen LogP contribution >= 0.6 is 0 Å². The first-order valence-corrected chi connectivity index (χ1v) is 5.31. The average molecular weight is 239 g/mol. The maximum atomic E-state index is 11.1. The van der Waals surface area contributed by atoms with Crippen LogP contribution in [-0.2, 0) is 4.79 Å². The van der Waals surface area contributed by atoms with Gasteiger partial charge in [0.1, 0.15) is 17.7 Å². The molecule has 6 heteroatoms. The molecule has 0 aliphatic carbocycles. The van der Waals surface area contributed by atoms with Gasteiger partial charge in [0.25, 0.3) is 0 Å². The van der Waals surface area contributed by atoms with Gasteiger partial charge in [0.15, 0.2) is 0 Å². The van der Waals surface area contributed by atoms with Gasteiger partial charge < -0.3 is 14.7 Å². The second-order valence-electron chi connectivity index (χ2n) is 4.07. The Hall–Kier alpha value is -1.85. The van der Waals surface area contributed by atoms with Crippen molar-refractivity contribution in [1.82, 2.24) is 9.97 Å². The van der Waals surface area contributed by atoms with Crippen molar-refractivity contribution in [3.63, 3.8) is 0 Å². The van der Waals surface area contributed by atoms with Gasteiger partial charge in [-0.2, -0.15) is 0 Å². The zero-order chi connectivity index (χ0) is 13.1. The first kappa shape index (κ1) is 13.2. The molecule has 0 bridgehead atoms. The van der Waals surface area contributed by atoms with E-state index in [1.807, 2.05) is 6.92 Å². The number of aliphatic carboxylic acids is 1. The summed E-state index contributed by atoms with van der Waals surface area (Å²) in [5, 5.41) is 9.13. The maximum Gasteiger partial charge on any atom is 0.328 e. The molecule has 1 N–H and O–H groups in total. The molecule has 0 aromatic carbocycles. The monoisotopic (exact) mass is 239 g/mol. The number of rotatable bonds is 5. The van der Waals surface area contributed by atoms with E-state index in [1.54, 1.807) is 31.9 Å². The lowest BCUT2D eigenvalue weighted by Crippen LogP contribution is -2.48.